The normalized spacial score (nSPS) is 16.5. The molecule has 5 nitrogen and oxygen atoms in total. The summed E-state index contributed by atoms with van der Waals surface area (Å²) in [6, 6.07) is 9.96. The van der Waals surface area contributed by atoms with Crippen molar-refractivity contribution < 1.29 is 14.6 Å². The number of ether oxygens (including phenoxy) is 1. The lowest BCUT2D eigenvalue weighted by Gasteiger charge is -2.35. The molecule has 2 N–H and O–H groups in total. The van der Waals surface area contributed by atoms with Crippen LogP contribution < -0.4 is 10.1 Å². The molecule has 5 heteroatoms. The molecule has 28 heavy (non-hydrogen) atoms. The number of carbonyl (C=O) groups excluding carboxylic acids is 1. The van der Waals surface area contributed by atoms with Gasteiger partial charge < -0.3 is 15.2 Å². The van der Waals surface area contributed by atoms with Gasteiger partial charge in [-0.2, -0.15) is 0 Å². The maximum Gasteiger partial charge on any atom is 0.238 e. The van der Waals surface area contributed by atoms with Gasteiger partial charge in [-0.25, -0.2) is 0 Å². The topological polar surface area (TPSA) is 61.8 Å². The Balaban J connectivity index is 1.76. The highest BCUT2D eigenvalue weighted by atomic mass is 16.5. The molecule has 0 aliphatic carbocycles. The molecule has 2 aromatic carbocycles. The summed E-state index contributed by atoms with van der Waals surface area (Å²) in [5, 5.41) is 13.2. The number of nitrogens with one attached hydrogen (secondary N) is 1. The lowest BCUT2D eigenvalue weighted by atomic mass is 9.93. The molecule has 0 bridgehead atoms. The Morgan fingerprint density at radius 1 is 1.25 bits per heavy atom. The average molecular weight is 383 g/mol. The molecule has 1 atom stereocenters. The van der Waals surface area contributed by atoms with Gasteiger partial charge in [-0.3, -0.25) is 9.69 Å². The van der Waals surface area contributed by atoms with E-state index in [-0.39, 0.29) is 17.7 Å². The zero-order valence-corrected chi connectivity index (χ0v) is 17.2. The van der Waals surface area contributed by atoms with Gasteiger partial charge in [-0.1, -0.05) is 32.0 Å². The van der Waals surface area contributed by atoms with Gasteiger partial charge in [-0.15, -0.1) is 0 Å². The van der Waals surface area contributed by atoms with Gasteiger partial charge in [0.2, 0.25) is 5.91 Å². The SMILES string of the molecule is CCc1cccc(CC)c1NC(=O)CN1CCc2cc(O)c(OC)cc2C1C. The standard InChI is InChI=1S/C23H30N2O3/c1-5-16-8-7-9-17(6-2)23(16)24-22(27)14-25-11-10-18-12-20(26)21(28-4)13-19(18)15(25)3/h7-9,12-13,15,26H,5-6,10-11,14H2,1-4H3,(H,24,27). The molecule has 1 heterocycles. The Morgan fingerprint density at radius 2 is 1.93 bits per heavy atom. The van der Waals surface area contributed by atoms with Crippen molar-refractivity contribution in [3.63, 3.8) is 0 Å². The van der Waals surface area contributed by atoms with Gasteiger partial charge in [0, 0.05) is 18.3 Å². The Morgan fingerprint density at radius 3 is 2.54 bits per heavy atom. The molecule has 0 radical (unpaired) electrons. The number of fused-ring (bicyclic) bond motifs is 1. The van der Waals surface area contributed by atoms with Crippen molar-refractivity contribution in [3.05, 3.63) is 52.6 Å². The van der Waals surface area contributed by atoms with Crippen molar-refractivity contribution in [2.45, 2.75) is 46.1 Å². The predicted octanol–water partition coefficient (Wildman–Crippen LogP) is 4.08. The van der Waals surface area contributed by atoms with Gasteiger partial charge in [0.15, 0.2) is 11.5 Å². The van der Waals surface area contributed by atoms with Crippen LogP contribution in [0.15, 0.2) is 30.3 Å². The lowest BCUT2D eigenvalue weighted by molar-refractivity contribution is -0.117. The first-order valence-corrected chi connectivity index (χ1v) is 10.0. The summed E-state index contributed by atoms with van der Waals surface area (Å²) in [5.74, 6) is 0.654. The quantitative estimate of drug-likeness (QED) is 0.790. The first kappa shape index (κ1) is 20.2. The molecular weight excluding hydrogens is 352 g/mol. The van der Waals surface area contributed by atoms with Crippen LogP contribution in [-0.4, -0.2) is 36.1 Å². The fourth-order valence-electron chi connectivity index (χ4n) is 4.03. The second-order valence-corrected chi connectivity index (χ2v) is 7.33. The molecule has 1 aliphatic rings. The minimum absolute atomic E-state index is 0.0108. The van der Waals surface area contributed by atoms with Crippen LogP contribution in [0.1, 0.15) is 49.1 Å². The molecule has 3 rings (SSSR count). The highest BCUT2D eigenvalue weighted by molar-refractivity contribution is 5.94. The van der Waals surface area contributed by atoms with Crippen LogP contribution in [0.4, 0.5) is 5.69 Å². The predicted molar refractivity (Wildman–Crippen MR) is 112 cm³/mol. The van der Waals surface area contributed by atoms with E-state index in [9.17, 15) is 9.90 Å². The van der Waals surface area contributed by atoms with Crippen LogP contribution >= 0.6 is 0 Å². The van der Waals surface area contributed by atoms with E-state index < -0.39 is 0 Å². The monoisotopic (exact) mass is 382 g/mol. The number of anilines is 1. The Bertz CT molecular complexity index is 841. The number of rotatable bonds is 6. The zero-order chi connectivity index (χ0) is 20.3. The summed E-state index contributed by atoms with van der Waals surface area (Å²) in [4.78, 5) is 15.0. The Hall–Kier alpha value is -2.53. The van der Waals surface area contributed by atoms with E-state index in [1.165, 1.54) is 11.1 Å². The van der Waals surface area contributed by atoms with E-state index in [0.717, 1.165) is 42.6 Å². The first-order chi connectivity index (χ1) is 13.5. The van der Waals surface area contributed by atoms with Crippen molar-refractivity contribution in [3.8, 4) is 11.5 Å². The third-order valence-electron chi connectivity index (χ3n) is 5.72. The summed E-state index contributed by atoms with van der Waals surface area (Å²) in [7, 11) is 1.55. The smallest absolute Gasteiger partial charge is 0.238 e. The van der Waals surface area contributed by atoms with Crippen LogP contribution in [0.2, 0.25) is 0 Å². The van der Waals surface area contributed by atoms with E-state index in [1.807, 2.05) is 6.07 Å². The molecular formula is C23H30N2O3. The third kappa shape index (κ3) is 3.99. The molecule has 0 saturated heterocycles. The first-order valence-electron chi connectivity index (χ1n) is 10.0. The summed E-state index contributed by atoms with van der Waals surface area (Å²) in [5.41, 5.74) is 5.54. The highest BCUT2D eigenvalue weighted by Gasteiger charge is 2.27. The number of hydrogen-bond donors (Lipinski definition) is 2. The number of methoxy groups -OCH3 is 1. The van der Waals surface area contributed by atoms with Crippen LogP contribution in [0, 0.1) is 0 Å². The molecule has 2 aromatic rings. The summed E-state index contributed by atoms with van der Waals surface area (Å²) in [6.45, 7) is 7.43. The fourth-order valence-corrected chi connectivity index (χ4v) is 4.03. The number of para-hydroxylation sites is 1. The van der Waals surface area contributed by atoms with E-state index >= 15 is 0 Å². The molecule has 0 aromatic heterocycles. The minimum atomic E-state index is 0.0108. The van der Waals surface area contributed by atoms with Crippen molar-refractivity contribution in [1.29, 1.82) is 0 Å². The fraction of sp³-hybridized carbons (Fsp3) is 0.435. The van der Waals surface area contributed by atoms with Gasteiger partial charge >= 0.3 is 0 Å². The summed E-state index contributed by atoms with van der Waals surface area (Å²) < 4.78 is 5.26. The number of benzene rings is 2. The van der Waals surface area contributed by atoms with Crippen LogP contribution in [-0.2, 0) is 24.1 Å². The van der Waals surface area contributed by atoms with Gasteiger partial charge in [0.1, 0.15) is 0 Å². The van der Waals surface area contributed by atoms with Crippen LogP contribution in [0.3, 0.4) is 0 Å². The second-order valence-electron chi connectivity index (χ2n) is 7.33. The largest absolute Gasteiger partial charge is 0.504 e. The van der Waals surface area contributed by atoms with Gasteiger partial charge in [0.05, 0.1) is 13.7 Å². The zero-order valence-electron chi connectivity index (χ0n) is 17.2. The maximum absolute atomic E-state index is 12.8. The molecule has 1 aliphatic heterocycles. The second kappa shape index (κ2) is 8.65. The molecule has 0 saturated carbocycles. The molecule has 1 unspecified atom stereocenters. The summed E-state index contributed by atoms with van der Waals surface area (Å²) in [6.07, 6.45) is 2.58. The molecule has 0 spiro atoms. The Kier molecular flexibility index (Phi) is 6.25. The van der Waals surface area contributed by atoms with Crippen LogP contribution in [0.5, 0.6) is 11.5 Å². The molecule has 0 fully saturated rings. The number of phenols is 1. The highest BCUT2D eigenvalue weighted by Crippen LogP contribution is 2.37. The number of aromatic hydroxyl groups is 1. The van der Waals surface area contributed by atoms with E-state index in [2.05, 4.69) is 49.2 Å². The number of phenolic OH excluding ortho intramolecular Hbond substituents is 1. The van der Waals surface area contributed by atoms with E-state index in [1.54, 1.807) is 13.2 Å². The number of aryl methyl sites for hydroxylation is 2. The lowest BCUT2D eigenvalue weighted by Crippen LogP contribution is -2.39. The van der Waals surface area contributed by atoms with Crippen molar-refractivity contribution in [2.75, 3.05) is 25.5 Å². The Labute approximate surface area is 167 Å². The maximum atomic E-state index is 12.8. The van der Waals surface area contributed by atoms with Crippen molar-refractivity contribution >= 4 is 11.6 Å². The molecule has 150 valence electrons. The third-order valence-corrected chi connectivity index (χ3v) is 5.72. The van der Waals surface area contributed by atoms with Gasteiger partial charge in [-0.05, 0) is 60.6 Å². The van der Waals surface area contributed by atoms with Crippen LogP contribution in [0.25, 0.3) is 0 Å². The molecule has 1 amide bonds. The van der Waals surface area contributed by atoms with E-state index in [0.29, 0.717) is 12.3 Å². The number of carbonyl (C=O) groups is 1. The van der Waals surface area contributed by atoms with E-state index in [4.69, 9.17) is 4.74 Å². The van der Waals surface area contributed by atoms with Crippen molar-refractivity contribution in [2.24, 2.45) is 0 Å². The summed E-state index contributed by atoms with van der Waals surface area (Å²) >= 11 is 0. The number of amides is 1. The van der Waals surface area contributed by atoms with Gasteiger partial charge in [0.25, 0.3) is 0 Å². The number of hydrogen-bond acceptors (Lipinski definition) is 4. The average Bonchev–Trinajstić information content (AvgIpc) is 2.70. The minimum Gasteiger partial charge on any atom is -0.504 e. The number of nitrogens with zero attached hydrogens (tertiary/aromatic N) is 1. The van der Waals surface area contributed by atoms with Crippen molar-refractivity contribution in [1.82, 2.24) is 4.90 Å².